The third kappa shape index (κ3) is 2.67. The highest BCUT2D eigenvalue weighted by molar-refractivity contribution is 5.99. The van der Waals surface area contributed by atoms with Crippen molar-refractivity contribution in [1.29, 1.82) is 0 Å². The summed E-state index contributed by atoms with van der Waals surface area (Å²) in [4.78, 5) is 16.5. The second-order valence-corrected chi connectivity index (χ2v) is 5.27. The summed E-state index contributed by atoms with van der Waals surface area (Å²) in [5.41, 5.74) is 2.84. The van der Waals surface area contributed by atoms with Gasteiger partial charge in [0.2, 0.25) is 6.79 Å². The number of nitrogens with zero attached hydrogens (tertiary/aromatic N) is 2. The number of H-pyrrole nitrogens is 1. The van der Waals surface area contributed by atoms with Crippen LogP contribution in [0.15, 0.2) is 48.9 Å². The van der Waals surface area contributed by atoms with Crippen molar-refractivity contribution in [3.05, 3.63) is 60.0 Å². The van der Waals surface area contributed by atoms with Gasteiger partial charge in [0, 0.05) is 24.5 Å². The van der Waals surface area contributed by atoms with Crippen molar-refractivity contribution in [2.24, 2.45) is 0 Å². The number of hydrogen-bond donors (Lipinski definition) is 2. The Bertz CT molecular complexity index is 877. The highest BCUT2D eigenvalue weighted by Crippen LogP contribution is 2.36. The number of pyridine rings is 1. The molecule has 0 spiro atoms. The van der Waals surface area contributed by atoms with E-state index in [1.165, 1.54) is 6.20 Å². The molecule has 2 N–H and O–H groups in total. The van der Waals surface area contributed by atoms with Crippen molar-refractivity contribution >= 4 is 5.91 Å². The Morgan fingerprint density at radius 1 is 1.21 bits per heavy atom. The van der Waals surface area contributed by atoms with Crippen LogP contribution >= 0.6 is 0 Å². The first-order valence-electron chi connectivity index (χ1n) is 7.42. The maximum absolute atomic E-state index is 12.5. The quantitative estimate of drug-likeness (QED) is 0.768. The minimum atomic E-state index is -0.208. The van der Waals surface area contributed by atoms with Gasteiger partial charge in [-0.25, -0.2) is 0 Å². The average molecular weight is 322 g/mol. The Labute approximate surface area is 137 Å². The number of nitrogens with one attached hydrogen (secondary N) is 2. The van der Waals surface area contributed by atoms with E-state index in [9.17, 15) is 4.79 Å². The predicted molar refractivity (Wildman–Crippen MR) is 85.6 cm³/mol. The van der Waals surface area contributed by atoms with Crippen LogP contribution in [0.3, 0.4) is 0 Å². The fourth-order valence-electron chi connectivity index (χ4n) is 2.51. The van der Waals surface area contributed by atoms with Crippen LogP contribution in [0.4, 0.5) is 0 Å². The smallest absolute Gasteiger partial charge is 0.255 e. The molecular weight excluding hydrogens is 308 g/mol. The molecule has 7 heteroatoms. The molecule has 0 unspecified atom stereocenters. The maximum atomic E-state index is 12.5. The lowest BCUT2D eigenvalue weighted by atomic mass is 10.1. The Balaban J connectivity index is 1.55. The number of ether oxygens (including phenoxy) is 2. The topological polar surface area (TPSA) is 89.1 Å². The van der Waals surface area contributed by atoms with E-state index < -0.39 is 0 Å². The number of rotatable bonds is 4. The summed E-state index contributed by atoms with van der Waals surface area (Å²) in [6, 6.07) is 9.24. The Kier molecular flexibility index (Phi) is 3.59. The van der Waals surface area contributed by atoms with Crippen LogP contribution in [0.25, 0.3) is 11.3 Å². The molecule has 3 heterocycles. The normalized spacial score (nSPS) is 12.2. The molecule has 0 fully saturated rings. The number of hydrogen-bond acceptors (Lipinski definition) is 5. The zero-order chi connectivity index (χ0) is 16.4. The third-order valence-electron chi connectivity index (χ3n) is 3.72. The van der Waals surface area contributed by atoms with Gasteiger partial charge >= 0.3 is 0 Å². The fraction of sp³-hybridized carbons (Fsp3) is 0.118. The summed E-state index contributed by atoms with van der Waals surface area (Å²) in [6.45, 7) is 0.610. The fourth-order valence-corrected chi connectivity index (χ4v) is 2.51. The van der Waals surface area contributed by atoms with E-state index in [0.29, 0.717) is 29.3 Å². The molecule has 0 atom stereocenters. The molecule has 1 amide bonds. The summed E-state index contributed by atoms with van der Waals surface area (Å²) >= 11 is 0. The molecular formula is C17H14N4O3. The van der Waals surface area contributed by atoms with Crippen LogP contribution in [0.1, 0.15) is 15.9 Å². The second kappa shape index (κ2) is 6.04. The summed E-state index contributed by atoms with van der Waals surface area (Å²) in [5.74, 6) is 1.14. The summed E-state index contributed by atoms with van der Waals surface area (Å²) < 4.78 is 10.7. The number of aromatic amines is 1. The third-order valence-corrected chi connectivity index (χ3v) is 3.72. The standard InChI is InChI=1S/C17H14N4O3/c22-17(19-8-11-2-1-5-18-7-11)13-9-20-21-16(13)12-3-4-14-15(6-12)24-10-23-14/h1-7,9H,8,10H2,(H,19,22)(H,20,21). The molecule has 2 aromatic heterocycles. The summed E-state index contributed by atoms with van der Waals surface area (Å²) in [7, 11) is 0. The first-order chi connectivity index (χ1) is 11.8. The van der Waals surface area contributed by atoms with Crippen LogP contribution in [0, 0.1) is 0 Å². The molecule has 1 aromatic carbocycles. The Morgan fingerprint density at radius 3 is 3.00 bits per heavy atom. The molecule has 7 nitrogen and oxygen atoms in total. The van der Waals surface area contributed by atoms with Crippen LogP contribution in [0.5, 0.6) is 11.5 Å². The van der Waals surface area contributed by atoms with Crippen molar-refractivity contribution in [2.75, 3.05) is 6.79 Å². The lowest BCUT2D eigenvalue weighted by molar-refractivity contribution is 0.0951. The molecule has 0 saturated carbocycles. The number of fused-ring (bicyclic) bond motifs is 1. The maximum Gasteiger partial charge on any atom is 0.255 e. The summed E-state index contributed by atoms with van der Waals surface area (Å²) in [6.07, 6.45) is 4.92. The molecule has 0 bridgehead atoms. The zero-order valence-electron chi connectivity index (χ0n) is 12.7. The number of carbonyl (C=O) groups excluding carboxylic acids is 1. The van der Waals surface area contributed by atoms with Crippen molar-refractivity contribution in [1.82, 2.24) is 20.5 Å². The van der Waals surface area contributed by atoms with E-state index in [1.54, 1.807) is 12.4 Å². The van der Waals surface area contributed by atoms with E-state index in [1.807, 2.05) is 30.3 Å². The van der Waals surface area contributed by atoms with Crippen LogP contribution in [-0.2, 0) is 6.54 Å². The average Bonchev–Trinajstić information content (AvgIpc) is 3.28. The van der Waals surface area contributed by atoms with Gasteiger partial charge in [-0.3, -0.25) is 14.9 Å². The van der Waals surface area contributed by atoms with Gasteiger partial charge in [0.1, 0.15) is 0 Å². The number of amides is 1. The van der Waals surface area contributed by atoms with Gasteiger partial charge < -0.3 is 14.8 Å². The van der Waals surface area contributed by atoms with E-state index in [4.69, 9.17) is 9.47 Å². The molecule has 0 aliphatic carbocycles. The molecule has 0 radical (unpaired) electrons. The lowest BCUT2D eigenvalue weighted by Gasteiger charge is -2.06. The van der Waals surface area contributed by atoms with Gasteiger partial charge in [0.25, 0.3) is 5.91 Å². The molecule has 0 saturated heterocycles. The van der Waals surface area contributed by atoms with Gasteiger partial charge in [0.05, 0.1) is 17.5 Å². The lowest BCUT2D eigenvalue weighted by Crippen LogP contribution is -2.23. The van der Waals surface area contributed by atoms with Crippen LogP contribution < -0.4 is 14.8 Å². The molecule has 1 aliphatic rings. The second-order valence-electron chi connectivity index (χ2n) is 5.27. The van der Waals surface area contributed by atoms with Gasteiger partial charge in [-0.1, -0.05) is 6.07 Å². The van der Waals surface area contributed by atoms with E-state index in [-0.39, 0.29) is 12.7 Å². The Morgan fingerprint density at radius 2 is 2.12 bits per heavy atom. The first-order valence-corrected chi connectivity index (χ1v) is 7.42. The Hall–Kier alpha value is -3.35. The van der Waals surface area contributed by atoms with Crippen LogP contribution in [-0.4, -0.2) is 27.9 Å². The summed E-state index contributed by atoms with van der Waals surface area (Å²) in [5, 5.41) is 9.74. The van der Waals surface area contributed by atoms with E-state index in [0.717, 1.165) is 11.1 Å². The molecule has 4 rings (SSSR count). The SMILES string of the molecule is O=C(NCc1cccnc1)c1cn[nH]c1-c1ccc2c(c1)OCO2. The van der Waals surface area contributed by atoms with Gasteiger partial charge in [-0.05, 0) is 29.8 Å². The van der Waals surface area contributed by atoms with Crippen molar-refractivity contribution in [3.63, 3.8) is 0 Å². The first kappa shape index (κ1) is 14.3. The molecule has 24 heavy (non-hydrogen) atoms. The molecule has 1 aliphatic heterocycles. The number of aromatic nitrogens is 3. The largest absolute Gasteiger partial charge is 0.454 e. The van der Waals surface area contributed by atoms with Gasteiger partial charge in [0.15, 0.2) is 11.5 Å². The predicted octanol–water partition coefficient (Wildman–Crippen LogP) is 2.13. The number of carbonyl (C=O) groups is 1. The van der Waals surface area contributed by atoms with Crippen molar-refractivity contribution in [3.8, 4) is 22.8 Å². The minimum absolute atomic E-state index is 0.208. The minimum Gasteiger partial charge on any atom is -0.454 e. The number of benzene rings is 1. The van der Waals surface area contributed by atoms with Gasteiger partial charge in [-0.15, -0.1) is 0 Å². The van der Waals surface area contributed by atoms with E-state index >= 15 is 0 Å². The van der Waals surface area contributed by atoms with E-state index in [2.05, 4.69) is 20.5 Å². The zero-order valence-corrected chi connectivity index (χ0v) is 12.7. The van der Waals surface area contributed by atoms with Crippen molar-refractivity contribution in [2.45, 2.75) is 6.54 Å². The van der Waals surface area contributed by atoms with Crippen molar-refractivity contribution < 1.29 is 14.3 Å². The van der Waals surface area contributed by atoms with Gasteiger partial charge in [-0.2, -0.15) is 5.10 Å². The molecule has 120 valence electrons. The van der Waals surface area contributed by atoms with Crippen LogP contribution in [0.2, 0.25) is 0 Å². The molecule has 3 aromatic rings. The highest BCUT2D eigenvalue weighted by atomic mass is 16.7. The monoisotopic (exact) mass is 322 g/mol. The highest BCUT2D eigenvalue weighted by Gasteiger charge is 2.19.